The second-order valence-corrected chi connectivity index (χ2v) is 11.8. The van der Waals surface area contributed by atoms with Gasteiger partial charge in [-0.15, -0.1) is 0 Å². The Hall–Kier alpha value is -1.76. The highest BCUT2D eigenvalue weighted by atomic mass is 16.6. The van der Waals surface area contributed by atoms with E-state index in [4.69, 9.17) is 9.47 Å². The zero-order chi connectivity index (χ0) is 22.4. The lowest BCUT2D eigenvalue weighted by molar-refractivity contribution is -0.161. The summed E-state index contributed by atoms with van der Waals surface area (Å²) in [5.74, 6) is -3.17. The molecule has 2 saturated heterocycles. The minimum Gasteiger partial charge on any atom is -0.464 e. The number of hydrogen-bond acceptors (Lipinski definition) is 6. The lowest BCUT2D eigenvalue weighted by Crippen LogP contribution is -2.58. The highest BCUT2D eigenvalue weighted by Gasteiger charge is 2.72. The van der Waals surface area contributed by atoms with Crippen LogP contribution in [0.4, 0.5) is 0 Å². The molecule has 2 aliphatic heterocycles. The average Bonchev–Trinajstić information content (AvgIpc) is 3.06. The van der Waals surface area contributed by atoms with Crippen LogP contribution in [0.3, 0.4) is 0 Å². The lowest BCUT2D eigenvalue weighted by atomic mass is 9.39. The van der Waals surface area contributed by atoms with Crippen LogP contribution in [0.5, 0.6) is 0 Å². The molecule has 0 aromatic heterocycles. The Morgan fingerprint density at radius 1 is 1.10 bits per heavy atom. The molecule has 7 nitrogen and oxygen atoms in total. The third kappa shape index (κ3) is 2.74. The molecule has 5 atom stereocenters. The zero-order valence-electron chi connectivity index (χ0n) is 19.0. The van der Waals surface area contributed by atoms with Crippen molar-refractivity contribution in [3.8, 4) is 0 Å². The van der Waals surface area contributed by atoms with Crippen molar-refractivity contribution in [2.24, 2.45) is 28.1 Å². The van der Waals surface area contributed by atoms with Gasteiger partial charge in [-0.1, -0.05) is 13.8 Å². The number of rotatable bonds is 5. The maximum atomic E-state index is 13.6. The summed E-state index contributed by atoms with van der Waals surface area (Å²) in [4.78, 5) is 54.3. The first-order valence-electron chi connectivity index (χ1n) is 11.7. The number of carbonyl (C=O) groups is 4. The van der Waals surface area contributed by atoms with Crippen molar-refractivity contribution < 1.29 is 28.7 Å². The van der Waals surface area contributed by atoms with Crippen LogP contribution >= 0.6 is 0 Å². The topological polar surface area (TPSA) is 90.0 Å². The van der Waals surface area contributed by atoms with Gasteiger partial charge in [0.2, 0.25) is 11.4 Å². The fourth-order valence-corrected chi connectivity index (χ4v) is 8.94. The largest absolute Gasteiger partial charge is 0.464 e. The maximum absolute atomic E-state index is 13.6. The van der Waals surface area contributed by atoms with Gasteiger partial charge in [0.15, 0.2) is 17.5 Å². The van der Waals surface area contributed by atoms with E-state index in [0.717, 1.165) is 24.2 Å². The molecule has 5 unspecified atom stereocenters. The van der Waals surface area contributed by atoms with Crippen LogP contribution in [0.1, 0.15) is 72.6 Å². The van der Waals surface area contributed by atoms with E-state index in [1.54, 1.807) is 13.8 Å². The molecule has 0 aromatic rings. The highest BCUT2D eigenvalue weighted by Crippen LogP contribution is 2.70. The number of ether oxygens (including phenoxy) is 2. The van der Waals surface area contributed by atoms with E-state index in [1.807, 2.05) is 0 Å². The SMILES string of the molecule is CCOC(=O)C12C(=O)C(C(=O)CC34CC5CC(C)(CC(C)(C5)C3)C4)C(=O)N1COC2C. The summed E-state index contributed by atoms with van der Waals surface area (Å²) in [6.07, 6.45) is 6.02. The summed E-state index contributed by atoms with van der Waals surface area (Å²) < 4.78 is 10.7. The van der Waals surface area contributed by atoms with E-state index in [9.17, 15) is 19.2 Å². The fourth-order valence-electron chi connectivity index (χ4n) is 8.94. The number of amides is 1. The molecular formula is C24H33NO6. The molecule has 0 aromatic carbocycles. The smallest absolute Gasteiger partial charge is 0.342 e. The minimum absolute atomic E-state index is 0.0862. The summed E-state index contributed by atoms with van der Waals surface area (Å²) in [5.41, 5.74) is -1.47. The van der Waals surface area contributed by atoms with Crippen LogP contribution in [0.2, 0.25) is 0 Å². The van der Waals surface area contributed by atoms with Crippen molar-refractivity contribution >= 4 is 23.4 Å². The van der Waals surface area contributed by atoms with E-state index >= 15 is 0 Å². The maximum Gasteiger partial charge on any atom is 0.342 e. The van der Waals surface area contributed by atoms with E-state index in [1.165, 1.54) is 19.3 Å². The Labute approximate surface area is 183 Å². The number of fused-ring (bicyclic) bond motifs is 1. The molecule has 4 saturated carbocycles. The highest BCUT2D eigenvalue weighted by molar-refractivity contribution is 6.32. The number of Topliss-reactive ketones (excluding diaryl/α,β-unsaturated/α-hetero) is 2. The predicted molar refractivity (Wildman–Crippen MR) is 110 cm³/mol. The molecule has 4 bridgehead atoms. The molecule has 0 spiro atoms. The third-order valence-electron chi connectivity index (χ3n) is 8.82. The molecule has 1 amide bonds. The average molecular weight is 432 g/mol. The van der Waals surface area contributed by atoms with Gasteiger partial charge in [0.1, 0.15) is 6.73 Å². The fraction of sp³-hybridized carbons (Fsp3) is 0.833. The predicted octanol–water partition coefficient (Wildman–Crippen LogP) is 2.65. The summed E-state index contributed by atoms with van der Waals surface area (Å²) >= 11 is 0. The van der Waals surface area contributed by atoms with Gasteiger partial charge >= 0.3 is 5.97 Å². The van der Waals surface area contributed by atoms with Crippen LogP contribution in [0, 0.1) is 28.1 Å². The van der Waals surface area contributed by atoms with E-state index in [-0.39, 0.29) is 41.8 Å². The first-order chi connectivity index (χ1) is 14.5. The number of hydrogen-bond donors (Lipinski definition) is 0. The van der Waals surface area contributed by atoms with E-state index in [2.05, 4.69) is 13.8 Å². The molecule has 170 valence electrons. The van der Waals surface area contributed by atoms with Gasteiger partial charge in [0, 0.05) is 6.42 Å². The molecule has 6 rings (SSSR count). The van der Waals surface area contributed by atoms with Gasteiger partial charge in [-0.25, -0.2) is 4.79 Å². The number of ketones is 2. The third-order valence-corrected chi connectivity index (χ3v) is 8.82. The molecule has 31 heavy (non-hydrogen) atoms. The quantitative estimate of drug-likeness (QED) is 0.491. The normalized spacial score (nSPS) is 47.7. The Morgan fingerprint density at radius 3 is 2.32 bits per heavy atom. The van der Waals surface area contributed by atoms with Gasteiger partial charge in [-0.05, 0) is 74.5 Å². The molecule has 2 heterocycles. The molecule has 4 aliphatic carbocycles. The Kier molecular flexibility index (Phi) is 4.35. The van der Waals surface area contributed by atoms with E-state index < -0.39 is 35.2 Å². The van der Waals surface area contributed by atoms with E-state index in [0.29, 0.717) is 5.92 Å². The van der Waals surface area contributed by atoms with Crippen molar-refractivity contribution in [1.82, 2.24) is 4.90 Å². The molecule has 0 N–H and O–H groups in total. The summed E-state index contributed by atoms with van der Waals surface area (Å²) in [6.45, 7) is 7.84. The minimum atomic E-state index is -1.83. The molecule has 7 heteroatoms. The van der Waals surface area contributed by atoms with Crippen LogP contribution < -0.4 is 0 Å². The van der Waals surface area contributed by atoms with Crippen molar-refractivity contribution in [1.29, 1.82) is 0 Å². The van der Waals surface area contributed by atoms with Crippen molar-refractivity contribution in [2.75, 3.05) is 13.3 Å². The summed E-state index contributed by atoms with van der Waals surface area (Å²) in [5, 5.41) is 0. The van der Waals surface area contributed by atoms with Crippen molar-refractivity contribution in [3.63, 3.8) is 0 Å². The summed E-state index contributed by atoms with van der Waals surface area (Å²) in [7, 11) is 0. The first-order valence-corrected chi connectivity index (χ1v) is 11.7. The molecule has 6 fully saturated rings. The van der Waals surface area contributed by atoms with Gasteiger partial charge < -0.3 is 9.47 Å². The van der Waals surface area contributed by atoms with Crippen LogP contribution in [0.25, 0.3) is 0 Å². The van der Waals surface area contributed by atoms with Crippen LogP contribution in [-0.4, -0.2) is 53.3 Å². The van der Waals surface area contributed by atoms with Crippen LogP contribution in [-0.2, 0) is 28.7 Å². The summed E-state index contributed by atoms with van der Waals surface area (Å²) in [6, 6.07) is 0. The second-order valence-electron chi connectivity index (χ2n) is 11.8. The number of nitrogens with zero attached hydrogens (tertiary/aromatic N) is 1. The Balaban J connectivity index is 1.44. The van der Waals surface area contributed by atoms with Crippen molar-refractivity contribution in [2.45, 2.75) is 84.3 Å². The second kappa shape index (κ2) is 6.40. The van der Waals surface area contributed by atoms with Crippen LogP contribution in [0.15, 0.2) is 0 Å². The van der Waals surface area contributed by atoms with Gasteiger partial charge in [0.05, 0.1) is 12.7 Å². The monoisotopic (exact) mass is 431 g/mol. The standard InChI is InChI=1S/C24H33NO6/c1-5-30-20(29)24-14(2)31-13-25(24)19(28)17(18(24)27)16(26)9-23-8-15-6-21(3,11-23)10-22(4,7-15)12-23/h14-15,17H,5-13H2,1-4H3. The number of esters is 1. The molecule has 6 aliphatic rings. The lowest BCUT2D eigenvalue weighted by Gasteiger charge is -2.65. The van der Waals surface area contributed by atoms with Gasteiger partial charge in [0.25, 0.3) is 0 Å². The van der Waals surface area contributed by atoms with Gasteiger partial charge in [-0.2, -0.15) is 0 Å². The van der Waals surface area contributed by atoms with Crippen molar-refractivity contribution in [3.05, 3.63) is 0 Å². The molecular weight excluding hydrogens is 398 g/mol. The Morgan fingerprint density at radius 2 is 1.74 bits per heavy atom. The molecule has 0 radical (unpaired) electrons. The number of carbonyl (C=O) groups excluding carboxylic acids is 4. The zero-order valence-corrected chi connectivity index (χ0v) is 19.0. The van der Waals surface area contributed by atoms with Gasteiger partial charge in [-0.3, -0.25) is 19.3 Å². The Bertz CT molecular complexity index is 863. The first kappa shape index (κ1) is 21.1.